The molecule has 0 aliphatic carbocycles. The quantitative estimate of drug-likeness (QED) is 0.238. The summed E-state index contributed by atoms with van der Waals surface area (Å²) in [6.07, 6.45) is 4.79. The normalized spacial score (nSPS) is 14.2. The van der Waals surface area contributed by atoms with E-state index in [2.05, 4.69) is 5.10 Å². The second kappa shape index (κ2) is 15.2. The number of amides is 1. The van der Waals surface area contributed by atoms with Gasteiger partial charge in [-0.1, -0.05) is 0 Å². The minimum absolute atomic E-state index is 0. The molecule has 0 saturated heterocycles. The van der Waals surface area contributed by atoms with E-state index in [4.69, 9.17) is 0 Å². The molecule has 1 aliphatic rings. The summed E-state index contributed by atoms with van der Waals surface area (Å²) in [5.74, 6) is -0.0205. The van der Waals surface area contributed by atoms with Crippen molar-refractivity contribution in [3.8, 4) is 0 Å². The number of hydrogen-bond acceptors (Lipinski definition) is 2. The smallest absolute Gasteiger partial charge is 0.273 e. The molecule has 1 amide bonds. The average Bonchev–Trinajstić information content (AvgIpc) is 3.61. The number of carbonyl (C=O) groups is 1. The standard InChI is InChI=1S/C17H16N2O.2C5H5.2Fe/c1-13(20)19-17(15-8-4-5-9-15)12-16(18-19)11-10-14-6-2-3-7-14;2*1-2-4-5-3-1;;/h2-11,17H,12H2,1H3;2*1-5H;;/q-2;2*-1;2*+2. The molecule has 1 aliphatic heterocycles. The number of carbonyl (C=O) groups excluding carboxylic acids is 1. The Labute approximate surface area is 211 Å². The van der Waals surface area contributed by atoms with Gasteiger partial charge in [-0.2, -0.15) is 65.8 Å². The number of nitrogens with zero attached hydrogens (tertiary/aromatic N) is 2. The molecule has 1 heterocycles. The summed E-state index contributed by atoms with van der Waals surface area (Å²) in [6, 6.07) is 36.2. The van der Waals surface area contributed by atoms with Crippen LogP contribution >= 0.6 is 0 Å². The van der Waals surface area contributed by atoms with Crippen molar-refractivity contribution in [2.24, 2.45) is 5.10 Å². The Morgan fingerprint density at radius 1 is 0.906 bits per heavy atom. The molecule has 0 aromatic heterocycles. The van der Waals surface area contributed by atoms with Gasteiger partial charge in [0.2, 0.25) is 5.91 Å². The molecule has 32 heavy (non-hydrogen) atoms. The summed E-state index contributed by atoms with van der Waals surface area (Å²) >= 11 is 0. The van der Waals surface area contributed by atoms with E-state index in [1.54, 1.807) is 11.9 Å². The Kier molecular flexibility index (Phi) is 13.0. The van der Waals surface area contributed by atoms with Crippen molar-refractivity contribution in [2.75, 3.05) is 0 Å². The van der Waals surface area contributed by atoms with Crippen LogP contribution in [0.5, 0.6) is 0 Å². The number of rotatable bonds is 3. The zero-order chi connectivity index (χ0) is 21.0. The van der Waals surface area contributed by atoms with Gasteiger partial charge in [-0.15, -0.1) is 35.4 Å². The van der Waals surface area contributed by atoms with E-state index in [0.717, 1.165) is 23.3 Å². The second-order valence-electron chi connectivity index (χ2n) is 6.87. The van der Waals surface area contributed by atoms with Crippen LogP contribution in [0.3, 0.4) is 0 Å². The molecule has 4 aromatic carbocycles. The van der Waals surface area contributed by atoms with Gasteiger partial charge in [0, 0.05) is 18.7 Å². The molecule has 0 bridgehead atoms. The fraction of sp³-hybridized carbons (Fsp3) is 0.111. The monoisotopic (exact) mass is 506 g/mol. The van der Waals surface area contributed by atoms with Crippen molar-refractivity contribution in [2.45, 2.75) is 19.4 Å². The van der Waals surface area contributed by atoms with E-state index in [1.165, 1.54) is 0 Å². The molecular formula is C27H26Fe2N2O. The molecule has 0 spiro atoms. The molecule has 0 fully saturated rings. The van der Waals surface area contributed by atoms with Crippen molar-refractivity contribution in [3.63, 3.8) is 0 Å². The molecule has 166 valence electrons. The summed E-state index contributed by atoms with van der Waals surface area (Å²) in [5, 5.41) is 6.02. The van der Waals surface area contributed by atoms with Crippen LogP contribution in [0, 0.1) is 0 Å². The van der Waals surface area contributed by atoms with Gasteiger partial charge in [-0.25, -0.2) is 41.4 Å². The van der Waals surface area contributed by atoms with Gasteiger partial charge in [0.05, 0.1) is 0 Å². The fourth-order valence-corrected chi connectivity index (χ4v) is 3.13. The summed E-state index contributed by atoms with van der Waals surface area (Å²) in [4.78, 5) is 11.7. The molecule has 1 unspecified atom stereocenters. The minimum atomic E-state index is -0.0205. The Balaban J connectivity index is 0.000000353. The predicted molar refractivity (Wildman–Crippen MR) is 124 cm³/mol. The molecular weight excluding hydrogens is 480 g/mol. The first kappa shape index (κ1) is 27.4. The molecule has 5 rings (SSSR count). The van der Waals surface area contributed by atoms with Gasteiger partial charge in [0.1, 0.15) is 0 Å². The van der Waals surface area contributed by atoms with E-state index >= 15 is 0 Å². The van der Waals surface area contributed by atoms with Gasteiger partial charge in [-0.05, 0) is 6.42 Å². The van der Waals surface area contributed by atoms with Gasteiger partial charge < -0.3 is 0 Å². The van der Waals surface area contributed by atoms with E-state index in [1.807, 2.05) is 121 Å². The second-order valence-corrected chi connectivity index (χ2v) is 6.87. The van der Waals surface area contributed by atoms with Gasteiger partial charge >= 0.3 is 34.1 Å². The van der Waals surface area contributed by atoms with Crippen LogP contribution in [-0.4, -0.2) is 16.6 Å². The van der Waals surface area contributed by atoms with Crippen LogP contribution in [-0.2, 0) is 38.9 Å². The molecule has 0 N–H and O–H groups in total. The van der Waals surface area contributed by atoms with Gasteiger partial charge in [-0.3, -0.25) is 4.79 Å². The maximum absolute atomic E-state index is 11.7. The van der Waals surface area contributed by atoms with Crippen LogP contribution in [0.25, 0.3) is 6.08 Å². The summed E-state index contributed by atoms with van der Waals surface area (Å²) < 4.78 is 0. The maximum atomic E-state index is 11.7. The van der Waals surface area contributed by atoms with Crippen molar-refractivity contribution < 1.29 is 38.9 Å². The maximum Gasteiger partial charge on any atom is 2.00 e. The summed E-state index contributed by atoms with van der Waals surface area (Å²) in [6.45, 7) is 1.56. The average molecular weight is 506 g/mol. The fourth-order valence-electron chi connectivity index (χ4n) is 3.13. The first-order valence-corrected chi connectivity index (χ1v) is 10.1. The SMILES string of the molecule is CC(=O)N1N=C(C=C[c-]2cccc2)CC1[c-]1cccc1.[Fe+2].[Fe+2].c1cc[cH-]c1.c1cc[cH-]c1. The Morgan fingerprint density at radius 3 is 1.84 bits per heavy atom. The number of allylic oxidation sites excluding steroid dienone is 1. The Bertz CT molecular complexity index is 936. The topological polar surface area (TPSA) is 32.7 Å². The van der Waals surface area contributed by atoms with E-state index in [9.17, 15) is 4.79 Å². The molecule has 1 atom stereocenters. The van der Waals surface area contributed by atoms with Crippen LogP contribution in [0.1, 0.15) is 30.5 Å². The van der Waals surface area contributed by atoms with E-state index in [0.29, 0.717) is 0 Å². The largest absolute Gasteiger partial charge is 2.00 e. The number of hydrazone groups is 1. The molecule has 4 aromatic rings. The summed E-state index contributed by atoms with van der Waals surface area (Å²) in [7, 11) is 0. The zero-order valence-electron chi connectivity index (χ0n) is 17.8. The first-order chi connectivity index (χ1) is 14.7. The summed E-state index contributed by atoms with van der Waals surface area (Å²) in [5.41, 5.74) is 3.23. The third kappa shape index (κ3) is 8.82. The van der Waals surface area contributed by atoms with Crippen LogP contribution in [0.4, 0.5) is 0 Å². The number of hydrogen-bond donors (Lipinski definition) is 0. The molecule has 3 nitrogen and oxygen atoms in total. The van der Waals surface area contributed by atoms with Crippen LogP contribution in [0.2, 0.25) is 0 Å². The van der Waals surface area contributed by atoms with Crippen molar-refractivity contribution in [3.05, 3.63) is 126 Å². The third-order valence-corrected chi connectivity index (χ3v) is 4.60. The minimum Gasteiger partial charge on any atom is -0.273 e. The Hall–Kier alpha value is -2.68. The first-order valence-electron chi connectivity index (χ1n) is 10.1. The predicted octanol–water partition coefficient (Wildman–Crippen LogP) is 6.29. The van der Waals surface area contributed by atoms with E-state index < -0.39 is 0 Å². The third-order valence-electron chi connectivity index (χ3n) is 4.60. The molecule has 0 radical (unpaired) electrons. The van der Waals surface area contributed by atoms with Gasteiger partial charge in [0.15, 0.2) is 0 Å². The van der Waals surface area contributed by atoms with Crippen molar-refractivity contribution in [1.29, 1.82) is 0 Å². The van der Waals surface area contributed by atoms with Crippen molar-refractivity contribution in [1.82, 2.24) is 5.01 Å². The van der Waals surface area contributed by atoms with Crippen LogP contribution < -0.4 is 0 Å². The van der Waals surface area contributed by atoms with Crippen molar-refractivity contribution >= 4 is 17.7 Å². The van der Waals surface area contributed by atoms with Gasteiger partial charge in [0.25, 0.3) is 0 Å². The van der Waals surface area contributed by atoms with E-state index in [-0.39, 0.29) is 46.1 Å². The molecule has 0 saturated carbocycles. The zero-order valence-corrected chi connectivity index (χ0v) is 20.0. The van der Waals surface area contributed by atoms with Crippen LogP contribution in [0.15, 0.2) is 120 Å². The molecule has 5 heteroatoms. The Morgan fingerprint density at radius 2 is 1.41 bits per heavy atom.